The molecule has 1 atom stereocenters. The molecule has 1 saturated carbocycles. The van der Waals surface area contributed by atoms with Gasteiger partial charge in [0.05, 0.1) is 22.3 Å². The lowest BCUT2D eigenvalue weighted by molar-refractivity contribution is 0.154. The molecule has 0 radical (unpaired) electrons. The highest BCUT2D eigenvalue weighted by atomic mass is 35.5. The van der Waals surface area contributed by atoms with E-state index in [0.29, 0.717) is 29.0 Å². The summed E-state index contributed by atoms with van der Waals surface area (Å²) < 4.78 is 1.62. The molecule has 2 aromatic carbocycles. The predicted octanol–water partition coefficient (Wildman–Crippen LogP) is 3.88. The third-order valence-corrected chi connectivity index (χ3v) is 6.05. The molecule has 1 unspecified atom stereocenters. The van der Waals surface area contributed by atoms with Crippen molar-refractivity contribution in [3.63, 3.8) is 0 Å². The zero-order valence-corrected chi connectivity index (χ0v) is 16.3. The van der Waals surface area contributed by atoms with Gasteiger partial charge in [0.15, 0.2) is 0 Å². The lowest BCUT2D eigenvalue weighted by Crippen LogP contribution is -2.40. The van der Waals surface area contributed by atoms with Gasteiger partial charge in [-0.2, -0.15) is 4.98 Å². The van der Waals surface area contributed by atoms with Crippen molar-refractivity contribution in [1.29, 1.82) is 0 Å². The molecule has 0 amide bonds. The van der Waals surface area contributed by atoms with E-state index in [0.717, 1.165) is 30.3 Å². The van der Waals surface area contributed by atoms with Crippen LogP contribution in [-0.2, 0) is 0 Å². The molecule has 2 aliphatic rings. The van der Waals surface area contributed by atoms with Crippen molar-refractivity contribution in [2.24, 2.45) is 0 Å². The molecule has 6 heteroatoms. The quantitative estimate of drug-likeness (QED) is 0.731. The van der Waals surface area contributed by atoms with Gasteiger partial charge in [-0.3, -0.25) is 4.57 Å². The summed E-state index contributed by atoms with van der Waals surface area (Å²) in [5.74, 6) is 1.23. The first kappa shape index (κ1) is 17.7. The highest BCUT2D eigenvalue weighted by Crippen LogP contribution is 2.41. The average Bonchev–Trinajstić information content (AvgIpc) is 3.53. The van der Waals surface area contributed by atoms with E-state index in [4.69, 9.17) is 11.6 Å². The number of halogens is 1. The van der Waals surface area contributed by atoms with Crippen molar-refractivity contribution in [1.82, 2.24) is 9.55 Å². The van der Waals surface area contributed by atoms with Crippen LogP contribution in [0.3, 0.4) is 0 Å². The van der Waals surface area contributed by atoms with Gasteiger partial charge in [0.2, 0.25) is 0 Å². The number of anilines is 1. The first-order valence-electron chi connectivity index (χ1n) is 9.86. The van der Waals surface area contributed by atoms with Crippen LogP contribution in [0.1, 0.15) is 37.2 Å². The summed E-state index contributed by atoms with van der Waals surface area (Å²) in [6, 6.07) is 13.7. The molecule has 1 aliphatic carbocycles. The van der Waals surface area contributed by atoms with Gasteiger partial charge < -0.3 is 10.0 Å². The summed E-state index contributed by atoms with van der Waals surface area (Å²) >= 11 is 6.42. The minimum atomic E-state index is -0.387. The summed E-state index contributed by atoms with van der Waals surface area (Å²) in [5.41, 5.74) is 2.38. The van der Waals surface area contributed by atoms with Crippen molar-refractivity contribution in [2.75, 3.05) is 18.0 Å². The molecular formula is C22H22ClN3O2. The standard InChI is InChI=1S/C22H22ClN3O2/c23-18-5-1-2-6-19(18)26-20-12-15(14-7-8-14)9-10-17(20)21(24-22(26)28)25-11-3-4-16(27)13-25/h1-2,5-6,9-10,12,14,16,27H,3-4,7-8,11,13H2. The number of rotatable bonds is 3. The number of hydrogen-bond donors (Lipinski definition) is 1. The van der Waals surface area contributed by atoms with Crippen LogP contribution in [0.2, 0.25) is 5.02 Å². The van der Waals surface area contributed by atoms with Gasteiger partial charge in [0.1, 0.15) is 5.82 Å². The van der Waals surface area contributed by atoms with Crippen molar-refractivity contribution in [2.45, 2.75) is 37.7 Å². The van der Waals surface area contributed by atoms with Gasteiger partial charge in [-0.05, 0) is 61.4 Å². The van der Waals surface area contributed by atoms with Crippen molar-refractivity contribution < 1.29 is 5.11 Å². The van der Waals surface area contributed by atoms with Crippen LogP contribution in [0.15, 0.2) is 47.3 Å². The number of aliphatic hydroxyl groups excluding tert-OH is 1. The fraction of sp³-hybridized carbons (Fsp3) is 0.364. The zero-order chi connectivity index (χ0) is 19.3. The molecule has 144 valence electrons. The van der Waals surface area contributed by atoms with E-state index >= 15 is 0 Å². The number of fused-ring (bicyclic) bond motifs is 1. The zero-order valence-electron chi connectivity index (χ0n) is 15.5. The third-order valence-electron chi connectivity index (χ3n) is 5.73. The van der Waals surface area contributed by atoms with Crippen LogP contribution in [0.5, 0.6) is 0 Å². The largest absolute Gasteiger partial charge is 0.391 e. The average molecular weight is 396 g/mol. The Morgan fingerprint density at radius 2 is 1.93 bits per heavy atom. The maximum atomic E-state index is 13.1. The molecular weight excluding hydrogens is 374 g/mol. The van der Waals surface area contributed by atoms with Gasteiger partial charge in [0.25, 0.3) is 0 Å². The molecule has 1 aliphatic heterocycles. The number of β-amino-alcohol motifs (C(OH)–C–C–N with tert-alkyl or cyclic N) is 1. The van der Waals surface area contributed by atoms with E-state index in [-0.39, 0.29) is 11.8 Å². The molecule has 28 heavy (non-hydrogen) atoms. The van der Waals surface area contributed by atoms with E-state index in [1.165, 1.54) is 18.4 Å². The van der Waals surface area contributed by atoms with Crippen molar-refractivity contribution in [3.8, 4) is 5.69 Å². The van der Waals surface area contributed by atoms with E-state index < -0.39 is 0 Å². The summed E-state index contributed by atoms with van der Waals surface area (Å²) in [6.45, 7) is 1.29. The van der Waals surface area contributed by atoms with Gasteiger partial charge in [-0.25, -0.2) is 4.79 Å². The predicted molar refractivity (Wildman–Crippen MR) is 112 cm³/mol. The number of aromatic nitrogens is 2. The number of aliphatic hydroxyl groups is 1. The molecule has 2 heterocycles. The number of piperidine rings is 1. The summed E-state index contributed by atoms with van der Waals surface area (Å²) in [6.07, 6.45) is 3.67. The Balaban J connectivity index is 1.77. The molecule has 1 aromatic heterocycles. The topological polar surface area (TPSA) is 58.4 Å². The number of para-hydroxylation sites is 1. The summed E-state index contributed by atoms with van der Waals surface area (Å²) in [5, 5.41) is 11.5. The van der Waals surface area contributed by atoms with E-state index in [1.54, 1.807) is 10.6 Å². The summed E-state index contributed by atoms with van der Waals surface area (Å²) in [7, 11) is 0. The Hall–Kier alpha value is -2.37. The van der Waals surface area contributed by atoms with Crippen LogP contribution < -0.4 is 10.6 Å². The fourth-order valence-electron chi connectivity index (χ4n) is 4.15. The second-order valence-electron chi connectivity index (χ2n) is 7.80. The maximum absolute atomic E-state index is 13.1. The Bertz CT molecular complexity index is 1110. The first-order chi connectivity index (χ1) is 13.6. The van der Waals surface area contributed by atoms with Gasteiger partial charge in [-0.15, -0.1) is 0 Å². The second kappa shape index (κ2) is 6.90. The van der Waals surface area contributed by atoms with Crippen LogP contribution in [0.4, 0.5) is 5.82 Å². The Morgan fingerprint density at radius 3 is 2.68 bits per heavy atom. The number of nitrogens with zero attached hydrogens (tertiary/aromatic N) is 3. The fourth-order valence-corrected chi connectivity index (χ4v) is 4.37. The van der Waals surface area contributed by atoms with E-state index in [9.17, 15) is 9.90 Å². The molecule has 5 rings (SSSR count). The Labute approximate surface area is 168 Å². The van der Waals surface area contributed by atoms with Gasteiger partial charge in [0, 0.05) is 18.5 Å². The maximum Gasteiger partial charge on any atom is 0.354 e. The highest BCUT2D eigenvalue weighted by molar-refractivity contribution is 6.32. The van der Waals surface area contributed by atoms with E-state index in [2.05, 4.69) is 23.2 Å². The normalized spacial score (nSPS) is 19.9. The number of benzene rings is 2. The molecule has 0 bridgehead atoms. The Kier molecular flexibility index (Phi) is 4.37. The molecule has 0 spiro atoms. The minimum absolute atomic E-state index is 0.344. The van der Waals surface area contributed by atoms with Crippen LogP contribution in [-0.4, -0.2) is 33.9 Å². The Morgan fingerprint density at radius 1 is 1.11 bits per heavy atom. The lowest BCUT2D eigenvalue weighted by atomic mass is 10.1. The van der Waals surface area contributed by atoms with Crippen LogP contribution in [0, 0.1) is 0 Å². The van der Waals surface area contributed by atoms with Gasteiger partial charge in [-0.1, -0.05) is 29.8 Å². The monoisotopic (exact) mass is 395 g/mol. The van der Waals surface area contributed by atoms with Crippen molar-refractivity contribution in [3.05, 3.63) is 63.5 Å². The van der Waals surface area contributed by atoms with E-state index in [1.807, 2.05) is 23.1 Å². The second-order valence-corrected chi connectivity index (χ2v) is 8.20. The molecule has 2 fully saturated rings. The number of hydrogen-bond acceptors (Lipinski definition) is 4. The van der Waals surface area contributed by atoms with Crippen LogP contribution in [0.25, 0.3) is 16.6 Å². The minimum Gasteiger partial charge on any atom is -0.391 e. The molecule has 1 saturated heterocycles. The lowest BCUT2D eigenvalue weighted by Gasteiger charge is -2.32. The molecule has 1 N–H and O–H groups in total. The van der Waals surface area contributed by atoms with Gasteiger partial charge >= 0.3 is 5.69 Å². The third kappa shape index (κ3) is 3.09. The SMILES string of the molecule is O=c1nc(N2CCCC(O)C2)c2ccc(C3CC3)cc2n1-c1ccccc1Cl. The first-order valence-corrected chi connectivity index (χ1v) is 10.2. The highest BCUT2D eigenvalue weighted by Gasteiger charge is 2.26. The molecule has 3 aromatic rings. The smallest absolute Gasteiger partial charge is 0.354 e. The van der Waals surface area contributed by atoms with Crippen molar-refractivity contribution >= 4 is 28.3 Å². The summed E-state index contributed by atoms with van der Waals surface area (Å²) in [4.78, 5) is 19.6. The molecule has 5 nitrogen and oxygen atoms in total. The van der Waals surface area contributed by atoms with Crippen LogP contribution >= 0.6 is 11.6 Å².